The number of carboxylic acid groups (broad SMARTS) is 1. The van der Waals surface area contributed by atoms with Gasteiger partial charge in [0.1, 0.15) is 0 Å². The predicted molar refractivity (Wildman–Crippen MR) is 53.3 cm³/mol. The molecule has 1 radical (unpaired) electrons. The van der Waals surface area contributed by atoms with E-state index in [1.165, 1.54) is 0 Å². The molecule has 14 heavy (non-hydrogen) atoms. The van der Waals surface area contributed by atoms with Crippen LogP contribution in [-0.4, -0.2) is 16.1 Å². The molecule has 0 saturated carbocycles. The van der Waals surface area contributed by atoms with Crippen molar-refractivity contribution in [1.82, 2.24) is 4.98 Å². The number of hydrogen-bond donors (Lipinski definition) is 1. The third-order valence-corrected chi connectivity index (χ3v) is 2.44. The first-order valence-electron chi connectivity index (χ1n) is 3.94. The van der Waals surface area contributed by atoms with Gasteiger partial charge in [-0.15, -0.1) is 11.3 Å². The first-order valence-corrected chi connectivity index (χ1v) is 4.76. The van der Waals surface area contributed by atoms with Crippen molar-refractivity contribution in [2.24, 2.45) is 0 Å². The smallest absolute Gasteiger partial charge is 0.365 e. The molecule has 0 bridgehead atoms. The van der Waals surface area contributed by atoms with Gasteiger partial charge in [0.05, 0.1) is 11.1 Å². The summed E-state index contributed by atoms with van der Waals surface area (Å²) >= 11 is 1.02. The highest BCUT2D eigenvalue weighted by molar-refractivity contribution is 7.11. The topological polar surface area (TPSA) is 50.2 Å². The van der Waals surface area contributed by atoms with Gasteiger partial charge in [0.15, 0.2) is 0 Å². The third-order valence-electron chi connectivity index (χ3n) is 1.69. The second kappa shape index (κ2) is 3.59. The molecule has 2 aromatic rings. The summed E-state index contributed by atoms with van der Waals surface area (Å²) in [5, 5.41) is 11.6. The average Bonchev–Trinajstić information content (AvgIpc) is 2.68. The van der Waals surface area contributed by atoms with Crippen molar-refractivity contribution in [3.05, 3.63) is 40.7 Å². The molecule has 0 aliphatic carbocycles. The number of nitrogens with zero attached hydrogens (tertiary/aromatic N) is 1. The van der Waals surface area contributed by atoms with E-state index in [0.717, 1.165) is 16.9 Å². The van der Waals surface area contributed by atoms with E-state index >= 15 is 0 Å². The molecule has 0 aliphatic rings. The number of carboxylic acids is 1. The molecule has 0 unspecified atom stereocenters. The highest BCUT2D eigenvalue weighted by atomic mass is 32.1. The summed E-state index contributed by atoms with van der Waals surface area (Å²) in [7, 11) is 0. The SMILES string of the molecule is O=C(O)c1nc(-c2ccccc2)[c]s1. The van der Waals surface area contributed by atoms with Crippen LogP contribution in [0.15, 0.2) is 30.3 Å². The van der Waals surface area contributed by atoms with Gasteiger partial charge in [-0.1, -0.05) is 30.3 Å². The Bertz CT molecular complexity index is 450. The number of aromatic carboxylic acids is 1. The first kappa shape index (κ1) is 8.90. The van der Waals surface area contributed by atoms with Crippen molar-refractivity contribution >= 4 is 17.3 Å². The van der Waals surface area contributed by atoms with Crippen LogP contribution < -0.4 is 0 Å². The molecular weight excluding hydrogens is 198 g/mol. The maximum atomic E-state index is 10.6. The van der Waals surface area contributed by atoms with Gasteiger partial charge in [-0.2, -0.15) is 0 Å². The highest BCUT2D eigenvalue weighted by Gasteiger charge is 2.09. The minimum atomic E-state index is -1.01. The van der Waals surface area contributed by atoms with E-state index in [-0.39, 0.29) is 5.01 Å². The summed E-state index contributed by atoms with van der Waals surface area (Å²) in [6, 6.07) is 9.40. The van der Waals surface area contributed by atoms with E-state index in [0.29, 0.717) is 5.69 Å². The van der Waals surface area contributed by atoms with Crippen LogP contribution in [0.25, 0.3) is 11.3 Å². The van der Waals surface area contributed by atoms with E-state index in [1.807, 2.05) is 30.3 Å². The summed E-state index contributed by atoms with van der Waals surface area (Å²) in [6.07, 6.45) is 0. The first-order chi connectivity index (χ1) is 6.77. The second-order valence-corrected chi connectivity index (χ2v) is 3.44. The lowest BCUT2D eigenvalue weighted by Crippen LogP contribution is -1.94. The van der Waals surface area contributed by atoms with Crippen molar-refractivity contribution < 1.29 is 9.90 Å². The Morgan fingerprint density at radius 2 is 2.07 bits per heavy atom. The third kappa shape index (κ3) is 1.65. The molecule has 1 aromatic carbocycles. The van der Waals surface area contributed by atoms with Gasteiger partial charge in [-0.05, 0) is 0 Å². The summed E-state index contributed by atoms with van der Waals surface area (Å²) in [4.78, 5) is 14.5. The van der Waals surface area contributed by atoms with Crippen LogP contribution in [0.2, 0.25) is 0 Å². The zero-order valence-electron chi connectivity index (χ0n) is 7.10. The number of rotatable bonds is 2. The van der Waals surface area contributed by atoms with E-state index in [1.54, 1.807) is 0 Å². The highest BCUT2D eigenvalue weighted by Crippen LogP contribution is 2.20. The minimum Gasteiger partial charge on any atom is -0.476 e. The molecule has 1 heterocycles. The Kier molecular flexibility index (Phi) is 2.28. The van der Waals surface area contributed by atoms with Crippen molar-refractivity contribution in [2.45, 2.75) is 0 Å². The predicted octanol–water partition coefficient (Wildman–Crippen LogP) is 2.31. The van der Waals surface area contributed by atoms with Crippen LogP contribution in [0.3, 0.4) is 0 Å². The molecule has 1 aromatic heterocycles. The van der Waals surface area contributed by atoms with Gasteiger partial charge in [-0.3, -0.25) is 0 Å². The van der Waals surface area contributed by atoms with E-state index in [2.05, 4.69) is 10.4 Å². The van der Waals surface area contributed by atoms with Gasteiger partial charge in [0, 0.05) is 5.56 Å². The number of benzene rings is 1. The molecular formula is C10H6NO2S. The van der Waals surface area contributed by atoms with Crippen LogP contribution in [-0.2, 0) is 0 Å². The molecule has 0 spiro atoms. The van der Waals surface area contributed by atoms with Crippen molar-refractivity contribution in [1.29, 1.82) is 0 Å². The fourth-order valence-corrected chi connectivity index (χ4v) is 1.64. The van der Waals surface area contributed by atoms with Gasteiger partial charge in [-0.25, -0.2) is 9.78 Å². The standard InChI is InChI=1S/C10H6NO2S/c12-10(13)9-11-8(6-14-9)7-4-2-1-3-5-7/h1-5H,(H,12,13). The summed E-state index contributed by atoms with van der Waals surface area (Å²) in [5.74, 6) is -1.01. The number of thiazole rings is 1. The lowest BCUT2D eigenvalue weighted by atomic mass is 10.2. The van der Waals surface area contributed by atoms with E-state index in [4.69, 9.17) is 5.11 Å². The van der Waals surface area contributed by atoms with Gasteiger partial charge in [0.25, 0.3) is 0 Å². The summed E-state index contributed by atoms with van der Waals surface area (Å²) in [6.45, 7) is 0. The monoisotopic (exact) mass is 204 g/mol. The Labute approximate surface area is 84.7 Å². The fraction of sp³-hybridized carbons (Fsp3) is 0. The molecule has 0 atom stereocenters. The zero-order valence-corrected chi connectivity index (χ0v) is 7.91. The molecule has 0 amide bonds. The molecule has 0 fully saturated rings. The zero-order chi connectivity index (χ0) is 9.97. The quantitative estimate of drug-likeness (QED) is 0.816. The normalized spacial score (nSPS) is 10.0. The lowest BCUT2D eigenvalue weighted by molar-refractivity contribution is 0.0696. The molecule has 0 saturated heterocycles. The Hall–Kier alpha value is -1.68. The molecule has 1 N–H and O–H groups in total. The maximum Gasteiger partial charge on any atom is 0.365 e. The Morgan fingerprint density at radius 3 is 2.64 bits per heavy atom. The van der Waals surface area contributed by atoms with Crippen LogP contribution in [0.1, 0.15) is 9.80 Å². The minimum absolute atomic E-state index is 0.0730. The van der Waals surface area contributed by atoms with Crippen LogP contribution in [0.4, 0.5) is 0 Å². The van der Waals surface area contributed by atoms with Crippen molar-refractivity contribution in [2.75, 3.05) is 0 Å². The number of aromatic nitrogens is 1. The Balaban J connectivity index is 2.39. The molecule has 69 valence electrons. The van der Waals surface area contributed by atoms with Gasteiger partial charge >= 0.3 is 5.97 Å². The lowest BCUT2D eigenvalue weighted by Gasteiger charge is -1.92. The number of hydrogen-bond acceptors (Lipinski definition) is 3. The van der Waals surface area contributed by atoms with Crippen LogP contribution in [0.5, 0.6) is 0 Å². The number of carbonyl (C=O) groups is 1. The van der Waals surface area contributed by atoms with Crippen molar-refractivity contribution in [3.63, 3.8) is 0 Å². The molecule has 0 aliphatic heterocycles. The van der Waals surface area contributed by atoms with Crippen molar-refractivity contribution in [3.8, 4) is 11.3 Å². The molecule has 3 nitrogen and oxygen atoms in total. The summed E-state index contributed by atoms with van der Waals surface area (Å²) < 4.78 is 0. The largest absolute Gasteiger partial charge is 0.476 e. The average molecular weight is 204 g/mol. The van der Waals surface area contributed by atoms with E-state index in [9.17, 15) is 4.79 Å². The van der Waals surface area contributed by atoms with Crippen LogP contribution >= 0.6 is 11.3 Å². The van der Waals surface area contributed by atoms with Crippen LogP contribution in [0, 0.1) is 5.38 Å². The fourth-order valence-electron chi connectivity index (χ4n) is 1.05. The molecule has 2 rings (SSSR count). The molecule has 4 heteroatoms. The second-order valence-electron chi connectivity index (χ2n) is 2.64. The van der Waals surface area contributed by atoms with Gasteiger partial charge < -0.3 is 5.11 Å². The maximum absolute atomic E-state index is 10.6. The Morgan fingerprint density at radius 1 is 1.36 bits per heavy atom. The van der Waals surface area contributed by atoms with E-state index < -0.39 is 5.97 Å². The summed E-state index contributed by atoms with van der Waals surface area (Å²) in [5.41, 5.74) is 1.48. The van der Waals surface area contributed by atoms with Gasteiger partial charge in [0.2, 0.25) is 5.01 Å².